The summed E-state index contributed by atoms with van der Waals surface area (Å²) in [5.41, 5.74) is 1.06. The highest BCUT2D eigenvalue weighted by atomic mass is 16.5. The van der Waals surface area contributed by atoms with Crippen LogP contribution in [-0.4, -0.2) is 25.6 Å². The molecule has 0 saturated heterocycles. The Bertz CT molecular complexity index is 454. The third kappa shape index (κ3) is 5.29. The molecule has 0 spiro atoms. The summed E-state index contributed by atoms with van der Waals surface area (Å²) in [6, 6.07) is 3.92. The molecule has 118 valence electrons. The van der Waals surface area contributed by atoms with Gasteiger partial charge in [-0.2, -0.15) is 0 Å². The van der Waals surface area contributed by atoms with E-state index in [4.69, 9.17) is 14.2 Å². The number of carbonyl (C=O) groups excluding carboxylic acids is 1. The topological polar surface area (TPSA) is 44.8 Å². The molecule has 0 saturated carbocycles. The summed E-state index contributed by atoms with van der Waals surface area (Å²) in [5.74, 6) is 2.33. The molecule has 1 rings (SSSR count). The molecule has 4 nitrogen and oxygen atoms in total. The number of ketones is 1. The lowest BCUT2D eigenvalue weighted by Gasteiger charge is -2.18. The fourth-order valence-corrected chi connectivity index (χ4v) is 2.16. The van der Waals surface area contributed by atoms with Crippen molar-refractivity contribution in [1.29, 1.82) is 0 Å². The molecule has 0 aromatic heterocycles. The fourth-order valence-electron chi connectivity index (χ4n) is 2.16. The van der Waals surface area contributed by atoms with E-state index < -0.39 is 0 Å². The number of carbonyl (C=O) groups is 1. The Hall–Kier alpha value is -1.71. The van der Waals surface area contributed by atoms with Gasteiger partial charge in [-0.3, -0.25) is 0 Å². The molecule has 0 fully saturated rings. The number of ether oxygens (including phenoxy) is 3. The molecule has 4 heteroatoms. The predicted molar refractivity (Wildman–Crippen MR) is 83.6 cm³/mol. The zero-order chi connectivity index (χ0) is 15.7. The van der Waals surface area contributed by atoms with Crippen LogP contribution in [0.15, 0.2) is 12.1 Å². The van der Waals surface area contributed by atoms with Crippen molar-refractivity contribution in [2.24, 2.45) is 0 Å². The zero-order valence-electron chi connectivity index (χ0n) is 13.5. The first kappa shape index (κ1) is 17.3. The molecule has 0 unspecified atom stereocenters. The fraction of sp³-hybridized carbons (Fsp3) is 0.588. The first-order chi connectivity index (χ1) is 10.1. The molecule has 0 heterocycles. The molecule has 0 aliphatic heterocycles. The summed E-state index contributed by atoms with van der Waals surface area (Å²) < 4.78 is 17.1. The molecular formula is C17H26O4. The van der Waals surface area contributed by atoms with Crippen molar-refractivity contribution in [3.8, 4) is 17.2 Å². The van der Waals surface area contributed by atoms with Crippen molar-refractivity contribution in [3.63, 3.8) is 0 Å². The number of aryl methyl sites for hydroxylation is 1. The van der Waals surface area contributed by atoms with E-state index in [-0.39, 0.29) is 5.78 Å². The standard InChI is InChI=1S/C17H26O4/c1-5-19-15-12-11-14(10-8-9-13(4)18)16(20-6-2)17(15)21-7-3/h11-12H,5-10H2,1-4H3. The first-order valence-corrected chi connectivity index (χ1v) is 7.67. The number of rotatable bonds is 10. The van der Waals surface area contributed by atoms with Gasteiger partial charge >= 0.3 is 0 Å². The predicted octanol–water partition coefficient (Wildman–Crippen LogP) is 3.79. The first-order valence-electron chi connectivity index (χ1n) is 7.67. The van der Waals surface area contributed by atoms with Crippen LogP contribution in [0.5, 0.6) is 17.2 Å². The molecule has 0 amide bonds. The van der Waals surface area contributed by atoms with Gasteiger partial charge in [-0.05, 0) is 52.2 Å². The van der Waals surface area contributed by atoms with E-state index >= 15 is 0 Å². The van der Waals surface area contributed by atoms with Gasteiger partial charge in [0.25, 0.3) is 0 Å². The molecule has 0 bridgehead atoms. The van der Waals surface area contributed by atoms with Gasteiger partial charge in [-0.15, -0.1) is 0 Å². The van der Waals surface area contributed by atoms with E-state index in [1.807, 2.05) is 32.9 Å². The third-order valence-electron chi connectivity index (χ3n) is 3.01. The van der Waals surface area contributed by atoms with Gasteiger partial charge < -0.3 is 19.0 Å². The van der Waals surface area contributed by atoms with Crippen molar-refractivity contribution in [3.05, 3.63) is 17.7 Å². The highest BCUT2D eigenvalue weighted by Crippen LogP contribution is 2.41. The van der Waals surface area contributed by atoms with Gasteiger partial charge in [0, 0.05) is 6.42 Å². The van der Waals surface area contributed by atoms with E-state index in [9.17, 15) is 4.79 Å². The van der Waals surface area contributed by atoms with E-state index in [1.165, 1.54) is 0 Å². The zero-order valence-corrected chi connectivity index (χ0v) is 13.5. The Balaban J connectivity index is 3.05. The van der Waals surface area contributed by atoms with Crippen LogP contribution in [0.2, 0.25) is 0 Å². The SMILES string of the molecule is CCOc1ccc(CCCC(C)=O)c(OCC)c1OCC. The highest BCUT2D eigenvalue weighted by molar-refractivity contribution is 5.75. The average molecular weight is 294 g/mol. The number of hydrogen-bond donors (Lipinski definition) is 0. The minimum Gasteiger partial charge on any atom is -0.490 e. The lowest BCUT2D eigenvalue weighted by Crippen LogP contribution is -2.05. The minimum atomic E-state index is 0.212. The molecule has 1 aromatic rings. The van der Waals surface area contributed by atoms with Crippen molar-refractivity contribution >= 4 is 5.78 Å². The monoisotopic (exact) mass is 294 g/mol. The van der Waals surface area contributed by atoms with Crippen LogP contribution in [0.3, 0.4) is 0 Å². The van der Waals surface area contributed by atoms with Crippen LogP contribution < -0.4 is 14.2 Å². The molecule has 0 aliphatic rings. The van der Waals surface area contributed by atoms with Crippen molar-refractivity contribution in [2.75, 3.05) is 19.8 Å². The average Bonchev–Trinajstić information content (AvgIpc) is 2.44. The second-order valence-electron chi connectivity index (χ2n) is 4.74. The normalized spacial score (nSPS) is 10.3. The number of hydrogen-bond acceptors (Lipinski definition) is 4. The maximum absolute atomic E-state index is 11.1. The lowest BCUT2D eigenvalue weighted by atomic mass is 10.0. The summed E-state index contributed by atoms with van der Waals surface area (Å²) in [6.07, 6.45) is 2.19. The Kier molecular flexibility index (Phi) is 7.65. The Morgan fingerprint density at radius 2 is 1.57 bits per heavy atom. The van der Waals surface area contributed by atoms with Crippen LogP contribution in [0, 0.1) is 0 Å². The van der Waals surface area contributed by atoms with E-state index in [0.717, 1.165) is 24.2 Å². The minimum absolute atomic E-state index is 0.212. The third-order valence-corrected chi connectivity index (χ3v) is 3.01. The van der Waals surface area contributed by atoms with E-state index in [2.05, 4.69) is 0 Å². The Labute approximate surface area is 127 Å². The lowest BCUT2D eigenvalue weighted by molar-refractivity contribution is -0.117. The second-order valence-corrected chi connectivity index (χ2v) is 4.74. The molecular weight excluding hydrogens is 268 g/mol. The molecule has 21 heavy (non-hydrogen) atoms. The number of Topliss-reactive ketones (excluding diaryl/α,β-unsaturated/α-hetero) is 1. The van der Waals surface area contributed by atoms with Gasteiger partial charge in [0.2, 0.25) is 5.75 Å². The summed E-state index contributed by atoms with van der Waals surface area (Å²) in [7, 11) is 0. The molecule has 0 radical (unpaired) electrons. The maximum atomic E-state index is 11.1. The summed E-state index contributed by atoms with van der Waals surface area (Å²) in [4.78, 5) is 11.1. The summed E-state index contributed by atoms with van der Waals surface area (Å²) >= 11 is 0. The molecule has 0 aliphatic carbocycles. The largest absolute Gasteiger partial charge is 0.490 e. The second kappa shape index (κ2) is 9.27. The quantitative estimate of drug-likeness (QED) is 0.658. The smallest absolute Gasteiger partial charge is 0.203 e. The summed E-state index contributed by atoms with van der Waals surface area (Å²) in [6.45, 7) is 9.14. The van der Waals surface area contributed by atoms with Gasteiger partial charge in [-0.1, -0.05) is 6.07 Å². The van der Waals surface area contributed by atoms with Gasteiger partial charge in [0.05, 0.1) is 19.8 Å². The molecule has 0 atom stereocenters. The van der Waals surface area contributed by atoms with Crippen LogP contribution in [-0.2, 0) is 11.2 Å². The van der Waals surface area contributed by atoms with Gasteiger partial charge in [0.1, 0.15) is 5.78 Å². The number of benzene rings is 1. The van der Waals surface area contributed by atoms with E-state index in [0.29, 0.717) is 37.7 Å². The van der Waals surface area contributed by atoms with Crippen molar-refractivity contribution in [1.82, 2.24) is 0 Å². The Morgan fingerprint density at radius 3 is 2.14 bits per heavy atom. The van der Waals surface area contributed by atoms with Crippen molar-refractivity contribution < 1.29 is 19.0 Å². The highest BCUT2D eigenvalue weighted by Gasteiger charge is 2.17. The maximum Gasteiger partial charge on any atom is 0.203 e. The van der Waals surface area contributed by atoms with Crippen molar-refractivity contribution in [2.45, 2.75) is 47.0 Å². The van der Waals surface area contributed by atoms with Crippen LogP contribution >= 0.6 is 0 Å². The summed E-state index contributed by atoms with van der Waals surface area (Å²) in [5, 5.41) is 0. The Morgan fingerprint density at radius 1 is 0.952 bits per heavy atom. The van der Waals surface area contributed by atoms with Gasteiger partial charge in [-0.25, -0.2) is 0 Å². The van der Waals surface area contributed by atoms with Crippen LogP contribution in [0.25, 0.3) is 0 Å². The van der Waals surface area contributed by atoms with E-state index in [1.54, 1.807) is 6.92 Å². The van der Waals surface area contributed by atoms with Gasteiger partial charge in [0.15, 0.2) is 11.5 Å². The molecule has 0 N–H and O–H groups in total. The molecule has 1 aromatic carbocycles. The van der Waals surface area contributed by atoms with Crippen LogP contribution in [0.1, 0.15) is 46.1 Å². The van der Waals surface area contributed by atoms with Crippen LogP contribution in [0.4, 0.5) is 0 Å².